The van der Waals surface area contributed by atoms with Gasteiger partial charge in [0.25, 0.3) is 10.0 Å². The number of hydrogen-bond donors (Lipinski definition) is 1. The smallest absolute Gasteiger partial charge is 0.267 e. The van der Waals surface area contributed by atoms with E-state index in [2.05, 4.69) is 5.32 Å². The van der Waals surface area contributed by atoms with Crippen LogP contribution >= 0.6 is 11.6 Å². The number of ether oxygens (including phenoxy) is 2. The predicted octanol–water partition coefficient (Wildman–Crippen LogP) is 2.68. The Balaban J connectivity index is 1.92. The number of methoxy groups -OCH3 is 2. The molecule has 1 saturated heterocycles. The van der Waals surface area contributed by atoms with E-state index in [1.165, 1.54) is 38.5 Å². The zero-order chi connectivity index (χ0) is 21.2. The Morgan fingerprint density at radius 2 is 1.86 bits per heavy atom. The van der Waals surface area contributed by atoms with Crippen molar-refractivity contribution in [2.75, 3.05) is 19.5 Å². The van der Waals surface area contributed by atoms with Gasteiger partial charge in [-0.2, -0.15) is 0 Å². The lowest BCUT2D eigenvalue weighted by molar-refractivity contribution is -0.128. The van der Waals surface area contributed by atoms with Crippen molar-refractivity contribution in [2.24, 2.45) is 0 Å². The molecule has 0 saturated carbocycles. The van der Waals surface area contributed by atoms with Gasteiger partial charge in [-0.25, -0.2) is 12.7 Å². The third-order valence-electron chi connectivity index (χ3n) is 4.49. The van der Waals surface area contributed by atoms with E-state index in [1.54, 1.807) is 18.2 Å². The van der Waals surface area contributed by atoms with E-state index < -0.39 is 27.9 Å². The van der Waals surface area contributed by atoms with Crippen LogP contribution in [0.4, 0.5) is 5.69 Å². The number of anilines is 1. The minimum absolute atomic E-state index is 0.0579. The van der Waals surface area contributed by atoms with Crippen molar-refractivity contribution in [1.29, 1.82) is 0 Å². The fourth-order valence-electron chi connectivity index (χ4n) is 3.07. The summed E-state index contributed by atoms with van der Waals surface area (Å²) in [5.74, 6) is -0.652. The summed E-state index contributed by atoms with van der Waals surface area (Å²) < 4.78 is 36.9. The van der Waals surface area contributed by atoms with E-state index in [4.69, 9.17) is 21.1 Å². The van der Waals surface area contributed by atoms with Gasteiger partial charge in [-0.05, 0) is 18.6 Å². The molecule has 3 rings (SSSR count). The first-order chi connectivity index (χ1) is 13.8. The van der Waals surface area contributed by atoms with Gasteiger partial charge in [0, 0.05) is 18.6 Å². The van der Waals surface area contributed by atoms with Crippen LogP contribution < -0.4 is 14.8 Å². The van der Waals surface area contributed by atoms with Crippen molar-refractivity contribution in [1.82, 2.24) is 4.31 Å². The minimum Gasteiger partial charge on any atom is -0.497 e. The van der Waals surface area contributed by atoms with Gasteiger partial charge in [-0.1, -0.05) is 29.8 Å². The third-order valence-corrected chi connectivity index (χ3v) is 6.64. The molecular weight excluding hydrogens is 420 g/mol. The van der Waals surface area contributed by atoms with Crippen molar-refractivity contribution < 1.29 is 27.5 Å². The van der Waals surface area contributed by atoms with Crippen LogP contribution in [0.15, 0.2) is 47.4 Å². The quantitative estimate of drug-likeness (QED) is 0.743. The van der Waals surface area contributed by atoms with Crippen LogP contribution in [0.2, 0.25) is 5.02 Å². The summed E-state index contributed by atoms with van der Waals surface area (Å²) in [6.45, 7) is 0. The zero-order valence-electron chi connectivity index (χ0n) is 15.7. The molecule has 2 amide bonds. The normalized spacial score (nSPS) is 16.6. The fraction of sp³-hybridized carbons (Fsp3) is 0.263. The molecule has 1 atom stereocenters. The van der Waals surface area contributed by atoms with Crippen LogP contribution in [-0.4, -0.2) is 44.8 Å². The van der Waals surface area contributed by atoms with Gasteiger partial charge in [-0.3, -0.25) is 9.59 Å². The molecule has 2 aromatic carbocycles. The molecule has 1 fully saturated rings. The van der Waals surface area contributed by atoms with E-state index in [0.29, 0.717) is 10.1 Å². The Bertz CT molecular complexity index is 1040. The number of sulfonamides is 1. The number of amides is 2. The van der Waals surface area contributed by atoms with Gasteiger partial charge in [0.05, 0.1) is 24.1 Å². The van der Waals surface area contributed by atoms with Crippen LogP contribution in [0.25, 0.3) is 0 Å². The molecule has 8 nitrogen and oxygen atoms in total. The van der Waals surface area contributed by atoms with Crippen LogP contribution in [0.3, 0.4) is 0 Å². The first-order valence-electron chi connectivity index (χ1n) is 8.64. The van der Waals surface area contributed by atoms with E-state index >= 15 is 0 Å². The molecular formula is C19H19ClN2O6S. The van der Waals surface area contributed by atoms with E-state index in [9.17, 15) is 18.0 Å². The summed E-state index contributed by atoms with van der Waals surface area (Å²) in [5.41, 5.74) is 0.163. The van der Waals surface area contributed by atoms with Gasteiger partial charge >= 0.3 is 0 Å². The third kappa shape index (κ3) is 4.01. The molecule has 10 heteroatoms. The summed E-state index contributed by atoms with van der Waals surface area (Å²) in [7, 11) is -1.32. The summed E-state index contributed by atoms with van der Waals surface area (Å²) in [6.07, 6.45) is 0.00441. The number of benzene rings is 2. The van der Waals surface area contributed by atoms with Crippen LogP contribution in [0.5, 0.6) is 11.5 Å². The minimum atomic E-state index is -4.17. The second kappa shape index (κ2) is 8.30. The fourth-order valence-corrected chi connectivity index (χ4v) is 4.94. The number of carbonyl (C=O) groups excluding carboxylic acids is 2. The summed E-state index contributed by atoms with van der Waals surface area (Å²) >= 11 is 6.22. The monoisotopic (exact) mass is 438 g/mol. The molecule has 2 aromatic rings. The van der Waals surface area contributed by atoms with Gasteiger partial charge in [0.15, 0.2) is 0 Å². The van der Waals surface area contributed by atoms with E-state index in [0.717, 1.165) is 0 Å². The second-order valence-corrected chi connectivity index (χ2v) is 8.46. The van der Waals surface area contributed by atoms with Crippen LogP contribution in [-0.2, 0) is 19.6 Å². The average molecular weight is 439 g/mol. The van der Waals surface area contributed by atoms with Crippen molar-refractivity contribution in [3.05, 3.63) is 47.5 Å². The van der Waals surface area contributed by atoms with E-state index in [1.807, 2.05) is 0 Å². The average Bonchev–Trinajstić information content (AvgIpc) is 3.12. The second-order valence-electron chi connectivity index (χ2n) is 6.24. The van der Waals surface area contributed by atoms with Crippen LogP contribution in [0, 0.1) is 0 Å². The Hall–Kier alpha value is -2.78. The molecule has 1 aliphatic heterocycles. The van der Waals surface area contributed by atoms with E-state index in [-0.39, 0.29) is 34.2 Å². The lowest BCUT2D eigenvalue weighted by atomic mass is 10.2. The first-order valence-corrected chi connectivity index (χ1v) is 10.5. The maximum absolute atomic E-state index is 12.9. The SMILES string of the molecule is COc1cc(Cl)c(NC(=O)C2CCC(=O)N2S(=O)(=O)c2ccccc2)c(OC)c1. The first kappa shape index (κ1) is 20.9. The molecule has 29 heavy (non-hydrogen) atoms. The summed E-state index contributed by atoms with van der Waals surface area (Å²) in [5, 5.41) is 2.74. The predicted molar refractivity (Wildman–Crippen MR) is 107 cm³/mol. The highest BCUT2D eigenvalue weighted by atomic mass is 35.5. The zero-order valence-corrected chi connectivity index (χ0v) is 17.3. The lowest BCUT2D eigenvalue weighted by Crippen LogP contribution is -2.45. The summed E-state index contributed by atoms with van der Waals surface area (Å²) in [6, 6.07) is 9.31. The molecule has 0 bridgehead atoms. The maximum atomic E-state index is 12.9. The van der Waals surface area contributed by atoms with Crippen molar-refractivity contribution in [3.63, 3.8) is 0 Å². The molecule has 0 spiro atoms. The molecule has 0 aromatic heterocycles. The maximum Gasteiger partial charge on any atom is 0.267 e. The van der Waals surface area contributed by atoms with Crippen molar-refractivity contribution in [3.8, 4) is 11.5 Å². The Kier molecular flexibility index (Phi) is 5.99. The Labute approximate surface area is 173 Å². The van der Waals surface area contributed by atoms with Gasteiger partial charge in [0.2, 0.25) is 11.8 Å². The number of hydrogen-bond acceptors (Lipinski definition) is 6. The molecule has 1 unspecified atom stereocenters. The molecule has 154 valence electrons. The lowest BCUT2D eigenvalue weighted by Gasteiger charge is -2.24. The highest BCUT2D eigenvalue weighted by Gasteiger charge is 2.44. The summed E-state index contributed by atoms with van der Waals surface area (Å²) in [4.78, 5) is 25.2. The molecule has 0 radical (unpaired) electrons. The number of carbonyl (C=O) groups is 2. The highest BCUT2D eigenvalue weighted by Crippen LogP contribution is 2.37. The number of rotatable bonds is 6. The largest absolute Gasteiger partial charge is 0.497 e. The molecule has 1 N–H and O–H groups in total. The number of halogens is 1. The topological polar surface area (TPSA) is 102 Å². The number of nitrogens with zero attached hydrogens (tertiary/aromatic N) is 1. The number of nitrogens with one attached hydrogen (secondary N) is 1. The highest BCUT2D eigenvalue weighted by molar-refractivity contribution is 7.89. The standard InChI is InChI=1S/C19H19ClN2O6S/c1-27-12-10-14(20)18(16(11-12)28-2)21-19(24)15-8-9-17(23)22(15)29(25,26)13-6-4-3-5-7-13/h3-7,10-11,15H,8-9H2,1-2H3,(H,21,24). The van der Waals surface area contributed by atoms with Gasteiger partial charge < -0.3 is 14.8 Å². The van der Waals surface area contributed by atoms with Crippen molar-refractivity contribution >= 4 is 39.1 Å². The molecule has 0 aliphatic carbocycles. The molecule has 1 aliphatic rings. The van der Waals surface area contributed by atoms with Crippen LogP contribution in [0.1, 0.15) is 12.8 Å². The van der Waals surface area contributed by atoms with Crippen molar-refractivity contribution in [2.45, 2.75) is 23.8 Å². The molecule has 1 heterocycles. The Morgan fingerprint density at radius 1 is 1.17 bits per heavy atom. The van der Waals surface area contributed by atoms with Gasteiger partial charge in [0.1, 0.15) is 23.2 Å². The Morgan fingerprint density at radius 3 is 2.48 bits per heavy atom. The van der Waals surface area contributed by atoms with Gasteiger partial charge in [-0.15, -0.1) is 0 Å².